The fraction of sp³-hybridized carbons (Fsp3) is 0.826. The van der Waals surface area contributed by atoms with Crippen LogP contribution in [-0.2, 0) is 99.8 Å². The highest BCUT2D eigenvalue weighted by Crippen LogP contribution is 2.23. The molecule has 5 N–H and O–H groups in total. The third-order valence-corrected chi connectivity index (χ3v) is 23.9. The van der Waals surface area contributed by atoms with Gasteiger partial charge in [-0.25, -0.2) is 9.59 Å². The Bertz CT molecular complexity index is 3120. The summed E-state index contributed by atoms with van der Waals surface area (Å²) in [5, 5.41) is 43.4. The van der Waals surface area contributed by atoms with E-state index in [9.17, 15) is 28.8 Å². The Morgan fingerprint density at radius 1 is 0.257 bits per heavy atom. The van der Waals surface area contributed by atoms with E-state index in [1.165, 1.54) is 192 Å². The molecule has 0 spiro atoms. The predicted molar refractivity (Wildman–Crippen MR) is 574 cm³/mol. The number of aromatic carboxylic acids is 1. The van der Waals surface area contributed by atoms with E-state index in [-0.39, 0.29) is 131 Å². The summed E-state index contributed by atoms with van der Waals surface area (Å²) in [5.74, 6) is -3.27. The molecule has 11 atom stereocenters. The summed E-state index contributed by atoms with van der Waals surface area (Å²) in [6.45, 7) is 45.2. The topological polar surface area (TPSA) is 370 Å². The first-order chi connectivity index (χ1) is 69.7. The van der Waals surface area contributed by atoms with Gasteiger partial charge in [0.15, 0.2) is 0 Å². The number of hydrogen-bond acceptors (Lipinski definition) is 24. The van der Waals surface area contributed by atoms with E-state index in [1.54, 1.807) is 19.1 Å². The Labute approximate surface area is 872 Å². The molecule has 0 bridgehead atoms. The molecule has 0 saturated carbocycles. The maximum absolute atomic E-state index is 11.2. The summed E-state index contributed by atoms with van der Waals surface area (Å²) >= 11 is 0. The lowest BCUT2D eigenvalue weighted by Gasteiger charge is -2.26. The molecule has 0 radical (unpaired) electrons. The van der Waals surface area contributed by atoms with Gasteiger partial charge in [-0.1, -0.05) is 266 Å². The van der Waals surface area contributed by atoms with Crippen molar-refractivity contribution in [2.45, 2.75) is 473 Å². The second kappa shape index (κ2) is 108. The Kier molecular flexibility index (Phi) is 107. The number of hydrogen-bond donors (Lipinski definition) is 5. The van der Waals surface area contributed by atoms with Crippen LogP contribution in [-0.4, -0.2) is 274 Å². The Balaban J connectivity index is -0.00000175. The number of benzene rings is 2. The SMILES string of the molecule is C=C(C)C(=O)OCCOC(CC)CC(C)OCCC(=O)O.CCC(CC(C)OCCC(=O)O)OCCOc1ccccc1.CCCCCCCCCCCCCCCCCCOCCOC(C)CC(CC)OCCC(=O)O.CCCCCCCCCCCCCCCCOCCOC(CC)CC(C)OCCC(=O)O.CCCCOCCOC(C)CC(CC(CC)OCCOc1ccc(C(=O)O)cc1)OCCOCC. The van der Waals surface area contributed by atoms with Crippen LogP contribution in [0.25, 0.3) is 0 Å². The summed E-state index contributed by atoms with van der Waals surface area (Å²) in [6.07, 6.45) is 53.0. The van der Waals surface area contributed by atoms with Gasteiger partial charge in [0.25, 0.3) is 0 Å². The quantitative estimate of drug-likeness (QED) is 0.0233. The lowest BCUT2D eigenvalue weighted by Crippen LogP contribution is -2.29. The third kappa shape index (κ3) is 103. The summed E-state index contributed by atoms with van der Waals surface area (Å²) in [7, 11) is 0. The molecule has 11 unspecified atom stereocenters. The van der Waals surface area contributed by atoms with Gasteiger partial charge in [-0.15, -0.1) is 0 Å². The molecule has 29 nitrogen and oxygen atoms in total. The number of carbonyl (C=O) groups is 6. The number of carboxylic acids is 5. The summed E-state index contributed by atoms with van der Waals surface area (Å²) in [4.78, 5) is 64.0. The second-order valence-electron chi connectivity index (χ2n) is 37.4. The fourth-order valence-corrected chi connectivity index (χ4v) is 15.3. The standard InChI is InChI=1S/C29H58O5.C27H46O8.C27H54O5.C17H26O5.C15H26O6/c1-4-6-7-8-9-10-11-12-13-14-15-16-17-18-19-20-22-32-24-25-33-27(3)26-28(5-2)34-23-21-29(30)31;1-5-8-13-31-15-16-32-22(4)20-26(35-17-14-30-7-3)21-24(6-2)33-18-19-34-25-11-9-23(10-12-25)27(28)29;1-4-6-7-8-9-10-11-12-13-14-15-16-17-18-20-30-22-23-32-26(5-2)24-25(3)31-21-19-27(28)29;1-3-15(13-14(2)20-10-9-17(18)19)21-11-12-22-16-7-5-4-6-8-16;1-5-13(10-12(4)19-7-6-14(16)17)20-8-9-21-15(18)11(2)3/h27-28H,4-26H2,1-3H3,(H,30,31);9-12,22,24,26H,5-8,13-21H2,1-4H3,(H,28,29);25-26H,4-24H2,1-3H3,(H,28,29);4-8,14-15H,3,9-13H2,1-2H3,(H,18,19);12-13H,2,5-10H2,1,3-4H3,(H,16,17). The first-order valence-corrected chi connectivity index (χ1v) is 56.1. The monoisotopic (exact) mass is 2060 g/mol. The summed E-state index contributed by atoms with van der Waals surface area (Å²) in [5.41, 5.74) is 0.597. The average molecular weight is 2060 g/mol. The maximum Gasteiger partial charge on any atom is 0.335 e. The van der Waals surface area contributed by atoms with Gasteiger partial charge in [0.1, 0.15) is 31.3 Å². The fourth-order valence-electron chi connectivity index (χ4n) is 15.3. The number of rotatable bonds is 101. The highest BCUT2D eigenvalue weighted by atomic mass is 16.6. The molecule has 844 valence electrons. The Morgan fingerprint density at radius 3 is 0.812 bits per heavy atom. The first kappa shape index (κ1) is 142. The molecule has 2 aromatic rings. The van der Waals surface area contributed by atoms with E-state index in [0.717, 1.165) is 115 Å². The normalized spacial score (nSPS) is 13.5. The lowest BCUT2D eigenvalue weighted by atomic mass is 10.0. The van der Waals surface area contributed by atoms with Gasteiger partial charge in [-0.2, -0.15) is 0 Å². The highest BCUT2D eigenvalue weighted by Gasteiger charge is 2.23. The highest BCUT2D eigenvalue weighted by molar-refractivity contribution is 5.87. The molecule has 144 heavy (non-hydrogen) atoms. The third-order valence-electron chi connectivity index (χ3n) is 23.9. The molecular formula is C115H210O29. The predicted octanol–water partition coefficient (Wildman–Crippen LogP) is 26.2. The van der Waals surface area contributed by atoms with Crippen molar-refractivity contribution in [2.24, 2.45) is 0 Å². The minimum atomic E-state index is -0.955. The van der Waals surface area contributed by atoms with Crippen molar-refractivity contribution in [3.8, 4) is 11.5 Å². The molecule has 0 aliphatic heterocycles. The molecule has 0 fully saturated rings. The molecule has 2 aromatic carbocycles. The van der Waals surface area contributed by atoms with E-state index >= 15 is 0 Å². The smallest absolute Gasteiger partial charge is 0.335 e. The van der Waals surface area contributed by atoms with E-state index < -0.39 is 35.8 Å². The lowest BCUT2D eigenvalue weighted by molar-refractivity contribution is -0.142. The van der Waals surface area contributed by atoms with Crippen LogP contribution >= 0.6 is 0 Å². The molecule has 0 amide bonds. The van der Waals surface area contributed by atoms with E-state index in [0.29, 0.717) is 110 Å². The molecule has 0 saturated heterocycles. The van der Waals surface area contributed by atoms with Gasteiger partial charge in [-0.3, -0.25) is 19.2 Å². The minimum absolute atomic E-state index is 0.000831. The molecule has 2 rings (SSSR count). The van der Waals surface area contributed by atoms with Crippen LogP contribution in [0.15, 0.2) is 66.7 Å². The zero-order valence-corrected chi connectivity index (χ0v) is 93.1. The van der Waals surface area contributed by atoms with Gasteiger partial charge in [0, 0.05) is 32.0 Å². The molecule has 29 heteroatoms. The van der Waals surface area contributed by atoms with Gasteiger partial charge < -0.3 is 111 Å². The number of unbranched alkanes of at least 4 members (excludes halogenated alkanes) is 29. The maximum atomic E-state index is 11.2. The number of carbonyl (C=O) groups excluding carboxylic acids is 1. The molecular weight excluding hydrogens is 1850 g/mol. The van der Waals surface area contributed by atoms with Crippen LogP contribution in [0, 0.1) is 0 Å². The van der Waals surface area contributed by atoms with Gasteiger partial charge in [0.2, 0.25) is 0 Å². The van der Waals surface area contributed by atoms with Crippen molar-refractivity contribution in [1.82, 2.24) is 0 Å². The van der Waals surface area contributed by atoms with E-state index in [4.69, 9.17) is 111 Å². The van der Waals surface area contributed by atoms with Crippen molar-refractivity contribution in [2.75, 3.05) is 145 Å². The van der Waals surface area contributed by atoms with Crippen molar-refractivity contribution in [1.29, 1.82) is 0 Å². The minimum Gasteiger partial charge on any atom is -0.491 e. The zero-order valence-electron chi connectivity index (χ0n) is 93.1. The molecule has 0 heterocycles. The summed E-state index contributed by atoms with van der Waals surface area (Å²) in [6, 6.07) is 16.0. The zero-order chi connectivity index (χ0) is 107. The number of ether oxygens (including phenoxy) is 18. The number of aliphatic carboxylic acids is 4. The average Bonchev–Trinajstić information content (AvgIpc) is 0.896. The van der Waals surface area contributed by atoms with Gasteiger partial charge >= 0.3 is 35.8 Å². The van der Waals surface area contributed by atoms with Crippen molar-refractivity contribution < 1.29 is 140 Å². The number of carboxylic acid groups (broad SMARTS) is 5. The van der Waals surface area contributed by atoms with Crippen LogP contribution < -0.4 is 9.47 Å². The van der Waals surface area contributed by atoms with Crippen molar-refractivity contribution >= 4 is 35.8 Å². The van der Waals surface area contributed by atoms with Crippen LogP contribution in [0.4, 0.5) is 0 Å². The Hall–Kier alpha value is -6.00. The first-order valence-electron chi connectivity index (χ1n) is 56.1. The molecule has 0 aliphatic rings. The number of esters is 1. The largest absolute Gasteiger partial charge is 0.491 e. The molecule has 0 aliphatic carbocycles. The van der Waals surface area contributed by atoms with Gasteiger partial charge in [-0.05, 0) is 175 Å². The van der Waals surface area contributed by atoms with Crippen molar-refractivity contribution in [3.63, 3.8) is 0 Å². The second-order valence-corrected chi connectivity index (χ2v) is 37.4. The van der Waals surface area contributed by atoms with Crippen LogP contribution in [0.1, 0.15) is 416 Å². The molecule has 0 aromatic heterocycles. The van der Waals surface area contributed by atoms with Crippen LogP contribution in [0.2, 0.25) is 0 Å². The van der Waals surface area contributed by atoms with Gasteiger partial charge in [0.05, 0.1) is 197 Å². The van der Waals surface area contributed by atoms with E-state index in [2.05, 4.69) is 62.0 Å². The Morgan fingerprint density at radius 2 is 0.507 bits per heavy atom. The van der Waals surface area contributed by atoms with Crippen LogP contribution in [0.3, 0.4) is 0 Å². The van der Waals surface area contributed by atoms with Crippen LogP contribution in [0.5, 0.6) is 11.5 Å². The van der Waals surface area contributed by atoms with E-state index in [1.807, 2.05) is 71.9 Å². The summed E-state index contributed by atoms with van der Waals surface area (Å²) < 4.78 is 102. The number of para-hydroxylation sites is 1. The van der Waals surface area contributed by atoms with Crippen molar-refractivity contribution in [3.05, 3.63) is 72.3 Å².